The van der Waals surface area contributed by atoms with Gasteiger partial charge >= 0.3 is 0 Å². The molecular weight excluding hydrogens is 278 g/mol. The molecule has 2 heterocycles. The highest BCUT2D eigenvalue weighted by atomic mass is 16.5. The maximum Gasteiger partial charge on any atom is 0.230 e. The van der Waals surface area contributed by atoms with E-state index in [9.17, 15) is 0 Å². The Morgan fingerprint density at radius 1 is 1.18 bits per heavy atom. The SMILES string of the molecule is COc1ccc([C@@H]2CCCCCN2Cc2nnc(C)o2)cc1. The molecule has 2 aromatic rings. The van der Waals surface area contributed by atoms with Gasteiger partial charge in [0.2, 0.25) is 11.8 Å². The first kappa shape index (κ1) is 15.0. The summed E-state index contributed by atoms with van der Waals surface area (Å²) >= 11 is 0. The number of rotatable bonds is 4. The van der Waals surface area contributed by atoms with E-state index in [1.807, 2.05) is 19.1 Å². The van der Waals surface area contributed by atoms with Crippen LogP contribution in [0.1, 0.15) is 49.1 Å². The summed E-state index contributed by atoms with van der Waals surface area (Å²) in [5, 5.41) is 8.08. The molecule has 0 N–H and O–H groups in total. The molecule has 5 nitrogen and oxygen atoms in total. The molecule has 0 spiro atoms. The van der Waals surface area contributed by atoms with Crippen LogP contribution in [0.4, 0.5) is 0 Å². The lowest BCUT2D eigenvalue weighted by molar-refractivity contribution is 0.173. The van der Waals surface area contributed by atoms with Crippen molar-refractivity contribution >= 4 is 0 Å². The third-order valence-corrected chi connectivity index (χ3v) is 4.27. The smallest absolute Gasteiger partial charge is 0.230 e. The van der Waals surface area contributed by atoms with Gasteiger partial charge in [-0.15, -0.1) is 10.2 Å². The summed E-state index contributed by atoms with van der Waals surface area (Å²) in [7, 11) is 1.70. The highest BCUT2D eigenvalue weighted by molar-refractivity contribution is 5.29. The van der Waals surface area contributed by atoms with E-state index in [0.29, 0.717) is 17.8 Å². The third-order valence-electron chi connectivity index (χ3n) is 4.27. The lowest BCUT2D eigenvalue weighted by atomic mass is 10.0. The van der Waals surface area contributed by atoms with Crippen LogP contribution in [-0.4, -0.2) is 28.8 Å². The van der Waals surface area contributed by atoms with Gasteiger partial charge in [0, 0.05) is 13.0 Å². The number of methoxy groups -OCH3 is 1. The van der Waals surface area contributed by atoms with Crippen molar-refractivity contribution in [3.8, 4) is 5.75 Å². The van der Waals surface area contributed by atoms with Crippen LogP contribution in [0, 0.1) is 6.92 Å². The van der Waals surface area contributed by atoms with E-state index in [0.717, 1.165) is 18.8 Å². The summed E-state index contributed by atoms with van der Waals surface area (Å²) in [6, 6.07) is 8.81. The van der Waals surface area contributed by atoms with E-state index in [-0.39, 0.29) is 0 Å². The van der Waals surface area contributed by atoms with Crippen molar-refractivity contribution in [1.82, 2.24) is 15.1 Å². The Labute approximate surface area is 131 Å². The van der Waals surface area contributed by atoms with Crippen LogP contribution in [0.2, 0.25) is 0 Å². The maximum atomic E-state index is 5.56. The van der Waals surface area contributed by atoms with Gasteiger partial charge in [0.15, 0.2) is 0 Å². The summed E-state index contributed by atoms with van der Waals surface area (Å²) in [5.74, 6) is 2.24. The minimum Gasteiger partial charge on any atom is -0.497 e. The predicted molar refractivity (Wildman–Crippen MR) is 83.6 cm³/mol. The molecule has 1 atom stereocenters. The molecule has 0 unspecified atom stereocenters. The topological polar surface area (TPSA) is 51.4 Å². The lowest BCUT2D eigenvalue weighted by Crippen LogP contribution is -2.28. The Morgan fingerprint density at radius 3 is 2.68 bits per heavy atom. The second-order valence-corrected chi connectivity index (χ2v) is 5.82. The number of benzene rings is 1. The first-order chi connectivity index (χ1) is 10.8. The van der Waals surface area contributed by atoms with Crippen LogP contribution in [0.15, 0.2) is 28.7 Å². The van der Waals surface area contributed by atoms with Gasteiger partial charge in [0.05, 0.1) is 13.7 Å². The van der Waals surface area contributed by atoms with E-state index < -0.39 is 0 Å². The molecule has 1 aliphatic rings. The Hall–Kier alpha value is -1.88. The van der Waals surface area contributed by atoms with Gasteiger partial charge in [0.25, 0.3) is 0 Å². The van der Waals surface area contributed by atoms with Gasteiger partial charge < -0.3 is 9.15 Å². The number of ether oxygens (including phenoxy) is 1. The Balaban J connectivity index is 1.80. The van der Waals surface area contributed by atoms with E-state index in [1.165, 1.54) is 31.2 Å². The highest BCUT2D eigenvalue weighted by Crippen LogP contribution is 2.32. The summed E-state index contributed by atoms with van der Waals surface area (Å²) in [5.41, 5.74) is 1.33. The van der Waals surface area contributed by atoms with Gasteiger partial charge in [-0.3, -0.25) is 4.90 Å². The molecule has 0 saturated carbocycles. The Bertz CT molecular complexity index is 594. The predicted octanol–water partition coefficient (Wildman–Crippen LogP) is 3.50. The molecule has 3 rings (SSSR count). The summed E-state index contributed by atoms with van der Waals surface area (Å²) in [6.45, 7) is 3.62. The molecule has 1 saturated heterocycles. The van der Waals surface area contributed by atoms with Crippen LogP contribution in [0.3, 0.4) is 0 Å². The molecule has 1 fully saturated rings. The molecule has 5 heteroatoms. The molecule has 0 radical (unpaired) electrons. The minimum absolute atomic E-state index is 0.403. The third kappa shape index (κ3) is 3.47. The fourth-order valence-electron chi connectivity index (χ4n) is 3.14. The van der Waals surface area contributed by atoms with Crippen molar-refractivity contribution in [2.45, 2.75) is 45.2 Å². The number of aromatic nitrogens is 2. The number of likely N-dealkylation sites (tertiary alicyclic amines) is 1. The van der Waals surface area contributed by atoms with E-state index >= 15 is 0 Å². The van der Waals surface area contributed by atoms with Gasteiger partial charge in [0.1, 0.15) is 5.75 Å². The summed E-state index contributed by atoms with van der Waals surface area (Å²) in [4.78, 5) is 2.46. The zero-order valence-electron chi connectivity index (χ0n) is 13.3. The monoisotopic (exact) mass is 301 g/mol. The van der Waals surface area contributed by atoms with Crippen LogP contribution in [0.5, 0.6) is 5.75 Å². The quantitative estimate of drug-likeness (QED) is 0.865. The molecule has 22 heavy (non-hydrogen) atoms. The van der Waals surface area contributed by atoms with Crippen LogP contribution < -0.4 is 4.74 Å². The molecule has 1 aromatic heterocycles. The first-order valence-electron chi connectivity index (χ1n) is 7.93. The normalized spacial score (nSPS) is 19.8. The van der Waals surface area contributed by atoms with Gasteiger partial charge in [-0.2, -0.15) is 0 Å². The van der Waals surface area contributed by atoms with Crippen molar-refractivity contribution < 1.29 is 9.15 Å². The average molecular weight is 301 g/mol. The largest absolute Gasteiger partial charge is 0.497 e. The van der Waals surface area contributed by atoms with E-state index in [1.54, 1.807) is 7.11 Å². The summed E-state index contributed by atoms with van der Waals surface area (Å²) in [6.07, 6.45) is 4.93. The molecule has 0 amide bonds. The number of hydrogen-bond acceptors (Lipinski definition) is 5. The molecule has 1 aliphatic heterocycles. The second-order valence-electron chi connectivity index (χ2n) is 5.82. The molecular formula is C17H23N3O2. The number of hydrogen-bond donors (Lipinski definition) is 0. The van der Waals surface area contributed by atoms with E-state index in [2.05, 4.69) is 27.2 Å². The van der Waals surface area contributed by atoms with Gasteiger partial charge in [-0.25, -0.2) is 0 Å². The molecule has 118 valence electrons. The second kappa shape index (κ2) is 6.92. The maximum absolute atomic E-state index is 5.56. The fraction of sp³-hybridized carbons (Fsp3) is 0.529. The Kier molecular flexibility index (Phi) is 4.73. The van der Waals surface area contributed by atoms with Crippen molar-refractivity contribution in [1.29, 1.82) is 0 Å². The Morgan fingerprint density at radius 2 is 2.00 bits per heavy atom. The molecule has 1 aromatic carbocycles. The van der Waals surface area contributed by atoms with Crippen molar-refractivity contribution in [2.24, 2.45) is 0 Å². The minimum atomic E-state index is 0.403. The lowest BCUT2D eigenvalue weighted by Gasteiger charge is -2.29. The fourth-order valence-corrected chi connectivity index (χ4v) is 3.14. The van der Waals surface area contributed by atoms with E-state index in [4.69, 9.17) is 9.15 Å². The average Bonchev–Trinajstić information content (AvgIpc) is 2.81. The number of aryl methyl sites for hydroxylation is 1. The number of nitrogens with zero attached hydrogens (tertiary/aromatic N) is 3. The first-order valence-corrected chi connectivity index (χ1v) is 7.93. The summed E-state index contributed by atoms with van der Waals surface area (Å²) < 4.78 is 10.8. The van der Waals surface area contributed by atoms with Crippen LogP contribution in [-0.2, 0) is 6.54 Å². The zero-order chi connectivity index (χ0) is 15.4. The standard InChI is InChI=1S/C17H23N3O2/c1-13-18-19-17(22-13)12-20-11-5-3-4-6-16(20)14-7-9-15(21-2)10-8-14/h7-10,16H,3-6,11-12H2,1-2H3/t16-/m0/s1. The van der Waals surface area contributed by atoms with Crippen LogP contribution in [0.25, 0.3) is 0 Å². The van der Waals surface area contributed by atoms with Gasteiger partial charge in [-0.05, 0) is 37.1 Å². The van der Waals surface area contributed by atoms with Crippen molar-refractivity contribution in [2.75, 3.05) is 13.7 Å². The van der Waals surface area contributed by atoms with Crippen molar-refractivity contribution in [3.63, 3.8) is 0 Å². The van der Waals surface area contributed by atoms with Crippen LogP contribution >= 0.6 is 0 Å². The van der Waals surface area contributed by atoms with Crippen molar-refractivity contribution in [3.05, 3.63) is 41.6 Å². The zero-order valence-corrected chi connectivity index (χ0v) is 13.3. The van der Waals surface area contributed by atoms with Gasteiger partial charge in [-0.1, -0.05) is 25.0 Å². The molecule has 0 aliphatic carbocycles. The molecule has 0 bridgehead atoms. The highest BCUT2D eigenvalue weighted by Gasteiger charge is 2.24.